The lowest BCUT2D eigenvalue weighted by atomic mass is 10.1. The summed E-state index contributed by atoms with van der Waals surface area (Å²) >= 11 is 5.41. The third-order valence-electron chi connectivity index (χ3n) is 2.83. The first-order valence-corrected chi connectivity index (χ1v) is 7.12. The summed E-state index contributed by atoms with van der Waals surface area (Å²) in [5.74, 6) is 1.03. The Hall–Kier alpha value is -0.480. The van der Waals surface area contributed by atoms with Crippen molar-refractivity contribution in [1.82, 2.24) is 4.90 Å². The Morgan fingerprint density at radius 1 is 1.56 bits per heavy atom. The van der Waals surface area contributed by atoms with E-state index >= 15 is 0 Å². The molecule has 0 radical (unpaired) electrons. The fourth-order valence-corrected chi connectivity index (χ4v) is 3.79. The number of halogens is 1. The highest BCUT2D eigenvalue weighted by Gasteiger charge is 2.21. The second-order valence-electron chi connectivity index (χ2n) is 3.96. The van der Waals surface area contributed by atoms with Crippen LogP contribution < -0.4 is 0 Å². The third-order valence-corrected chi connectivity index (χ3v) is 4.54. The van der Waals surface area contributed by atoms with Crippen molar-refractivity contribution in [3.63, 3.8) is 0 Å². The fourth-order valence-electron chi connectivity index (χ4n) is 1.95. The molecule has 0 saturated carbocycles. The first-order valence-electron chi connectivity index (χ1n) is 5.27. The Morgan fingerprint density at radius 2 is 2.38 bits per heavy atom. The lowest BCUT2D eigenvalue weighted by molar-refractivity contribution is -0.118. The van der Waals surface area contributed by atoms with E-state index in [0.29, 0.717) is 5.25 Å². The maximum absolute atomic E-state index is 10.8. The maximum atomic E-state index is 10.8. The van der Waals surface area contributed by atoms with Crippen molar-refractivity contribution in [1.29, 1.82) is 0 Å². The Morgan fingerprint density at radius 3 is 3.06 bits per heavy atom. The Labute approximate surface area is 109 Å². The second-order valence-corrected chi connectivity index (χ2v) is 6.19. The van der Waals surface area contributed by atoms with E-state index < -0.39 is 0 Å². The summed E-state index contributed by atoms with van der Waals surface area (Å²) in [6.45, 7) is 3.83. The van der Waals surface area contributed by atoms with Gasteiger partial charge in [0, 0.05) is 28.6 Å². The highest BCUT2D eigenvalue weighted by Crippen LogP contribution is 2.35. The number of nitrogens with zero attached hydrogens (tertiary/aromatic N) is 1. The van der Waals surface area contributed by atoms with Crippen molar-refractivity contribution in [3.8, 4) is 0 Å². The molecule has 1 atom stereocenters. The van der Waals surface area contributed by atoms with Crippen LogP contribution in [0.1, 0.15) is 16.4 Å². The van der Waals surface area contributed by atoms with Gasteiger partial charge >= 0.3 is 0 Å². The van der Waals surface area contributed by atoms with E-state index in [1.54, 1.807) is 0 Å². The minimum Gasteiger partial charge on any atom is -0.343 e. The molecule has 2 rings (SSSR count). The lowest BCUT2D eigenvalue weighted by Gasteiger charge is -2.30. The third kappa shape index (κ3) is 2.61. The topological polar surface area (TPSA) is 20.3 Å². The molecule has 0 aliphatic carbocycles. The van der Waals surface area contributed by atoms with Crippen LogP contribution in [0.2, 0.25) is 0 Å². The predicted molar refractivity (Wildman–Crippen MR) is 71.7 cm³/mol. The van der Waals surface area contributed by atoms with Gasteiger partial charge in [-0.1, -0.05) is 22.0 Å². The smallest absolute Gasteiger partial charge is 0.209 e. The van der Waals surface area contributed by atoms with Gasteiger partial charge in [-0.2, -0.15) is 11.8 Å². The van der Waals surface area contributed by atoms with Gasteiger partial charge in [0.2, 0.25) is 6.41 Å². The Balaban J connectivity index is 2.19. The highest BCUT2D eigenvalue weighted by molar-refractivity contribution is 9.10. The number of carbonyl (C=O) groups excluding carboxylic acids is 1. The van der Waals surface area contributed by atoms with Crippen molar-refractivity contribution in [2.24, 2.45) is 0 Å². The summed E-state index contributed by atoms with van der Waals surface area (Å²) in [5, 5.41) is 0.423. The maximum Gasteiger partial charge on any atom is 0.209 e. The van der Waals surface area contributed by atoms with E-state index in [9.17, 15) is 4.79 Å². The number of rotatable bonds is 2. The average Bonchev–Trinajstić information content (AvgIpc) is 2.29. The van der Waals surface area contributed by atoms with Crippen LogP contribution >= 0.6 is 27.7 Å². The summed E-state index contributed by atoms with van der Waals surface area (Å²) in [7, 11) is 0. The highest BCUT2D eigenvalue weighted by atomic mass is 79.9. The van der Waals surface area contributed by atoms with E-state index in [1.165, 1.54) is 11.1 Å². The molecule has 1 amide bonds. The Kier molecular flexibility index (Phi) is 3.92. The molecule has 1 fully saturated rings. The van der Waals surface area contributed by atoms with Crippen LogP contribution in [-0.2, 0) is 4.79 Å². The zero-order valence-corrected chi connectivity index (χ0v) is 11.6. The molecule has 16 heavy (non-hydrogen) atoms. The van der Waals surface area contributed by atoms with Gasteiger partial charge in [-0.15, -0.1) is 0 Å². The van der Waals surface area contributed by atoms with Gasteiger partial charge in [0.25, 0.3) is 0 Å². The molecule has 2 nitrogen and oxygen atoms in total. The van der Waals surface area contributed by atoms with Crippen molar-refractivity contribution < 1.29 is 4.79 Å². The standard InChI is InChI=1S/C12H14BrNOS/c1-9-6-10(13)2-3-11(9)12-7-14(8-15)4-5-16-12/h2-3,6,8,12H,4-5,7H2,1H3. The minimum atomic E-state index is 0.423. The van der Waals surface area contributed by atoms with Gasteiger partial charge in [-0.25, -0.2) is 0 Å². The van der Waals surface area contributed by atoms with Crippen molar-refractivity contribution >= 4 is 34.1 Å². The molecule has 0 N–H and O–H groups in total. The molecule has 1 aromatic rings. The second kappa shape index (κ2) is 5.23. The molecule has 1 unspecified atom stereocenters. The van der Waals surface area contributed by atoms with Crippen LogP contribution in [0.5, 0.6) is 0 Å². The number of hydrogen-bond donors (Lipinski definition) is 0. The number of thioether (sulfide) groups is 1. The molecule has 1 saturated heterocycles. The molecule has 1 heterocycles. The normalized spacial score (nSPS) is 20.9. The molecular formula is C12H14BrNOS. The molecule has 1 aromatic carbocycles. The number of amides is 1. The van der Waals surface area contributed by atoms with Gasteiger partial charge in [0.15, 0.2) is 0 Å². The number of carbonyl (C=O) groups is 1. The average molecular weight is 300 g/mol. The summed E-state index contributed by atoms with van der Waals surface area (Å²) in [6, 6.07) is 6.36. The molecule has 0 bridgehead atoms. The van der Waals surface area contributed by atoms with Gasteiger partial charge in [-0.3, -0.25) is 4.79 Å². The van der Waals surface area contributed by atoms with Crippen LogP contribution in [0.4, 0.5) is 0 Å². The minimum absolute atomic E-state index is 0.423. The molecule has 4 heteroatoms. The van der Waals surface area contributed by atoms with Crippen molar-refractivity contribution in [3.05, 3.63) is 33.8 Å². The van der Waals surface area contributed by atoms with Crippen LogP contribution in [0.25, 0.3) is 0 Å². The SMILES string of the molecule is Cc1cc(Br)ccc1C1CN(C=O)CCS1. The summed E-state index contributed by atoms with van der Waals surface area (Å²) in [6.07, 6.45) is 0.959. The van der Waals surface area contributed by atoms with Crippen molar-refractivity contribution in [2.75, 3.05) is 18.8 Å². The van der Waals surface area contributed by atoms with Gasteiger partial charge in [0.1, 0.15) is 0 Å². The largest absolute Gasteiger partial charge is 0.343 e. The number of aryl methyl sites for hydroxylation is 1. The zero-order valence-electron chi connectivity index (χ0n) is 9.15. The monoisotopic (exact) mass is 299 g/mol. The van der Waals surface area contributed by atoms with E-state index in [4.69, 9.17) is 0 Å². The summed E-state index contributed by atoms with van der Waals surface area (Å²) < 4.78 is 1.11. The molecule has 86 valence electrons. The zero-order chi connectivity index (χ0) is 11.5. The van der Waals surface area contributed by atoms with Crippen LogP contribution in [-0.4, -0.2) is 30.2 Å². The number of benzene rings is 1. The quantitative estimate of drug-likeness (QED) is 0.783. The molecule has 1 aliphatic heterocycles. The molecular weight excluding hydrogens is 286 g/mol. The van der Waals surface area contributed by atoms with Crippen molar-refractivity contribution in [2.45, 2.75) is 12.2 Å². The predicted octanol–water partition coefficient (Wildman–Crippen LogP) is 3.00. The van der Waals surface area contributed by atoms with Gasteiger partial charge < -0.3 is 4.90 Å². The fraction of sp³-hybridized carbons (Fsp3) is 0.417. The van der Waals surface area contributed by atoms with E-state index in [0.717, 1.165) is 29.7 Å². The van der Waals surface area contributed by atoms with E-state index in [1.807, 2.05) is 16.7 Å². The van der Waals surface area contributed by atoms with E-state index in [-0.39, 0.29) is 0 Å². The first kappa shape index (κ1) is 12.0. The first-order chi connectivity index (χ1) is 7.70. The summed E-state index contributed by atoms with van der Waals surface area (Å²) in [4.78, 5) is 12.6. The van der Waals surface area contributed by atoms with Crippen LogP contribution in [0.15, 0.2) is 22.7 Å². The van der Waals surface area contributed by atoms with Crippen LogP contribution in [0, 0.1) is 6.92 Å². The molecule has 1 aliphatic rings. The number of hydrogen-bond acceptors (Lipinski definition) is 2. The van der Waals surface area contributed by atoms with Gasteiger partial charge in [0.05, 0.1) is 0 Å². The molecule has 0 aromatic heterocycles. The molecule has 0 spiro atoms. The van der Waals surface area contributed by atoms with Crippen LogP contribution in [0.3, 0.4) is 0 Å². The van der Waals surface area contributed by atoms with Gasteiger partial charge in [-0.05, 0) is 30.2 Å². The summed E-state index contributed by atoms with van der Waals surface area (Å²) in [5.41, 5.74) is 2.64. The Bertz CT molecular complexity index is 397. The van der Waals surface area contributed by atoms with E-state index in [2.05, 4.69) is 41.1 Å². The lowest BCUT2D eigenvalue weighted by Crippen LogP contribution is -2.33.